The topological polar surface area (TPSA) is 20.2 Å². The molecule has 3 aromatic rings. The summed E-state index contributed by atoms with van der Waals surface area (Å²) in [4.78, 5) is 0. The van der Waals surface area contributed by atoms with E-state index in [2.05, 4.69) is 6.07 Å². The molecule has 106 valence electrons. The number of aryl methyl sites for hydroxylation is 1. The molecule has 0 saturated carbocycles. The summed E-state index contributed by atoms with van der Waals surface area (Å²) in [5.74, 6) is 0. The van der Waals surface area contributed by atoms with E-state index in [9.17, 15) is 5.11 Å². The van der Waals surface area contributed by atoms with Gasteiger partial charge >= 0.3 is 0 Å². The summed E-state index contributed by atoms with van der Waals surface area (Å²) in [7, 11) is 0. The molecule has 0 aliphatic carbocycles. The highest BCUT2D eigenvalue weighted by Crippen LogP contribution is 2.35. The highest BCUT2D eigenvalue weighted by molar-refractivity contribution is 6.35. The van der Waals surface area contributed by atoms with Crippen LogP contribution in [0.5, 0.6) is 0 Å². The van der Waals surface area contributed by atoms with Crippen LogP contribution in [0.2, 0.25) is 10.0 Å². The van der Waals surface area contributed by atoms with Crippen LogP contribution in [0.25, 0.3) is 10.8 Å². The number of aliphatic hydroxyl groups is 1. The molecular weight excluding hydrogens is 303 g/mol. The zero-order chi connectivity index (χ0) is 15.0. The Morgan fingerprint density at radius 2 is 1.71 bits per heavy atom. The Balaban J connectivity index is 2.21. The van der Waals surface area contributed by atoms with E-state index in [1.165, 1.54) is 0 Å². The number of fused-ring (bicyclic) bond motifs is 1. The zero-order valence-corrected chi connectivity index (χ0v) is 13.0. The molecule has 0 spiro atoms. The zero-order valence-electron chi connectivity index (χ0n) is 11.5. The van der Waals surface area contributed by atoms with Gasteiger partial charge in [0.25, 0.3) is 0 Å². The van der Waals surface area contributed by atoms with E-state index in [1.54, 1.807) is 18.2 Å². The predicted octanol–water partition coefficient (Wildman–Crippen LogP) is 5.54. The average Bonchev–Trinajstić information content (AvgIpc) is 2.46. The molecule has 0 aliphatic rings. The number of benzene rings is 3. The van der Waals surface area contributed by atoms with Crippen molar-refractivity contribution in [2.24, 2.45) is 0 Å². The maximum Gasteiger partial charge on any atom is 0.106 e. The molecule has 1 nitrogen and oxygen atoms in total. The van der Waals surface area contributed by atoms with Gasteiger partial charge < -0.3 is 5.11 Å². The summed E-state index contributed by atoms with van der Waals surface area (Å²) in [5.41, 5.74) is 2.59. The van der Waals surface area contributed by atoms with Gasteiger partial charge in [0, 0.05) is 15.6 Å². The molecule has 0 heterocycles. The third-order valence-electron chi connectivity index (χ3n) is 3.72. The fourth-order valence-corrected chi connectivity index (χ4v) is 3.16. The van der Waals surface area contributed by atoms with Crippen molar-refractivity contribution in [2.45, 2.75) is 13.0 Å². The first-order valence-electron chi connectivity index (χ1n) is 6.69. The predicted molar refractivity (Wildman–Crippen MR) is 89.2 cm³/mol. The quantitative estimate of drug-likeness (QED) is 0.658. The first-order valence-corrected chi connectivity index (χ1v) is 7.45. The van der Waals surface area contributed by atoms with Gasteiger partial charge in [-0.3, -0.25) is 0 Å². The summed E-state index contributed by atoms with van der Waals surface area (Å²) in [6, 6.07) is 17.3. The normalized spacial score (nSPS) is 12.6. The second kappa shape index (κ2) is 5.69. The molecule has 1 N–H and O–H groups in total. The van der Waals surface area contributed by atoms with E-state index in [4.69, 9.17) is 23.2 Å². The van der Waals surface area contributed by atoms with Crippen LogP contribution >= 0.6 is 23.2 Å². The summed E-state index contributed by atoms with van der Waals surface area (Å²) < 4.78 is 0. The lowest BCUT2D eigenvalue weighted by atomic mass is 9.92. The number of hydrogen-bond acceptors (Lipinski definition) is 1. The molecule has 0 fully saturated rings. The van der Waals surface area contributed by atoms with E-state index >= 15 is 0 Å². The highest BCUT2D eigenvalue weighted by atomic mass is 35.5. The van der Waals surface area contributed by atoms with Crippen LogP contribution in [-0.2, 0) is 0 Å². The van der Waals surface area contributed by atoms with Crippen LogP contribution in [0.4, 0.5) is 0 Å². The lowest BCUT2D eigenvalue weighted by Gasteiger charge is -2.18. The summed E-state index contributed by atoms with van der Waals surface area (Å²) in [6.07, 6.45) is -0.777. The fraction of sp³-hybridized carbons (Fsp3) is 0.111. The van der Waals surface area contributed by atoms with Gasteiger partial charge in [0.2, 0.25) is 0 Å². The highest BCUT2D eigenvalue weighted by Gasteiger charge is 2.18. The molecule has 1 atom stereocenters. The lowest BCUT2D eigenvalue weighted by molar-refractivity contribution is 0.221. The van der Waals surface area contributed by atoms with Gasteiger partial charge in [-0.15, -0.1) is 0 Å². The Hall–Kier alpha value is -1.54. The minimum absolute atomic E-state index is 0.474. The van der Waals surface area contributed by atoms with E-state index in [0.29, 0.717) is 15.6 Å². The maximum absolute atomic E-state index is 10.8. The van der Waals surface area contributed by atoms with Gasteiger partial charge in [0.15, 0.2) is 0 Å². The molecule has 0 radical (unpaired) electrons. The van der Waals surface area contributed by atoms with E-state index in [1.807, 2.05) is 37.3 Å². The van der Waals surface area contributed by atoms with Crippen LogP contribution in [0.1, 0.15) is 22.8 Å². The van der Waals surface area contributed by atoms with Crippen molar-refractivity contribution in [1.29, 1.82) is 0 Å². The molecule has 0 bridgehead atoms. The third-order valence-corrected chi connectivity index (χ3v) is 4.28. The van der Waals surface area contributed by atoms with Crippen LogP contribution in [0, 0.1) is 6.92 Å². The van der Waals surface area contributed by atoms with Gasteiger partial charge in [-0.25, -0.2) is 0 Å². The van der Waals surface area contributed by atoms with Crippen molar-refractivity contribution in [1.82, 2.24) is 0 Å². The van der Waals surface area contributed by atoms with Crippen LogP contribution in [0.15, 0.2) is 54.6 Å². The van der Waals surface area contributed by atoms with Crippen molar-refractivity contribution in [3.63, 3.8) is 0 Å². The first kappa shape index (κ1) is 14.4. The molecule has 1 unspecified atom stereocenters. The molecule has 3 aromatic carbocycles. The van der Waals surface area contributed by atoms with E-state index in [-0.39, 0.29) is 0 Å². The SMILES string of the molecule is Cc1ccc2ccccc2c1C(O)c1ccc(Cl)cc1Cl. The molecule has 0 saturated heterocycles. The summed E-state index contributed by atoms with van der Waals surface area (Å²) in [5, 5.41) is 14.0. The fourth-order valence-electron chi connectivity index (χ4n) is 2.65. The van der Waals surface area contributed by atoms with Crippen molar-refractivity contribution in [3.05, 3.63) is 81.3 Å². The van der Waals surface area contributed by atoms with E-state index < -0.39 is 6.10 Å². The molecule has 0 aliphatic heterocycles. The van der Waals surface area contributed by atoms with Crippen LogP contribution in [0.3, 0.4) is 0 Å². The number of hydrogen-bond donors (Lipinski definition) is 1. The minimum atomic E-state index is -0.777. The minimum Gasteiger partial charge on any atom is -0.384 e. The van der Waals surface area contributed by atoms with Crippen LogP contribution < -0.4 is 0 Å². The number of halogens is 2. The van der Waals surface area contributed by atoms with Crippen molar-refractivity contribution >= 4 is 34.0 Å². The number of aliphatic hydroxyl groups excluding tert-OH is 1. The second-order valence-corrected chi connectivity index (χ2v) is 5.93. The monoisotopic (exact) mass is 316 g/mol. The molecular formula is C18H14Cl2O. The van der Waals surface area contributed by atoms with Gasteiger partial charge in [0.05, 0.1) is 0 Å². The molecule has 0 aromatic heterocycles. The smallest absolute Gasteiger partial charge is 0.106 e. The van der Waals surface area contributed by atoms with E-state index in [0.717, 1.165) is 21.9 Å². The maximum atomic E-state index is 10.8. The standard InChI is InChI=1S/C18H14Cl2O/c1-11-6-7-12-4-2-3-5-14(12)17(11)18(21)15-9-8-13(19)10-16(15)20/h2-10,18,21H,1H3. The van der Waals surface area contributed by atoms with Gasteiger partial charge in [-0.1, -0.05) is 65.7 Å². The van der Waals surface area contributed by atoms with Crippen LogP contribution in [-0.4, -0.2) is 5.11 Å². The molecule has 0 amide bonds. The summed E-state index contributed by atoms with van der Waals surface area (Å²) >= 11 is 12.2. The van der Waals surface area contributed by atoms with Crippen molar-refractivity contribution < 1.29 is 5.11 Å². The molecule has 3 heteroatoms. The molecule has 3 rings (SSSR count). The van der Waals surface area contributed by atoms with Gasteiger partial charge in [-0.05, 0) is 41.0 Å². The Bertz CT molecular complexity index is 811. The first-order chi connectivity index (χ1) is 10.1. The second-order valence-electron chi connectivity index (χ2n) is 5.09. The van der Waals surface area contributed by atoms with Crippen molar-refractivity contribution in [3.8, 4) is 0 Å². The molecule has 21 heavy (non-hydrogen) atoms. The Morgan fingerprint density at radius 3 is 2.48 bits per heavy atom. The van der Waals surface area contributed by atoms with Gasteiger partial charge in [0.1, 0.15) is 6.10 Å². The third kappa shape index (κ3) is 2.65. The average molecular weight is 317 g/mol. The Morgan fingerprint density at radius 1 is 0.952 bits per heavy atom. The largest absolute Gasteiger partial charge is 0.384 e. The Kier molecular flexibility index (Phi) is 3.90. The van der Waals surface area contributed by atoms with Crippen molar-refractivity contribution in [2.75, 3.05) is 0 Å². The number of rotatable bonds is 2. The van der Waals surface area contributed by atoms with Gasteiger partial charge in [-0.2, -0.15) is 0 Å². The summed E-state index contributed by atoms with van der Waals surface area (Å²) in [6.45, 7) is 1.99. The lowest BCUT2D eigenvalue weighted by Crippen LogP contribution is -2.04. The Labute approximate surface area is 133 Å².